The molecule has 2 aromatic heterocycles. The van der Waals surface area contributed by atoms with Crippen LogP contribution in [0.3, 0.4) is 0 Å². The van der Waals surface area contributed by atoms with Gasteiger partial charge in [0.2, 0.25) is 5.91 Å². The Balaban J connectivity index is 1.46. The molecule has 7 heteroatoms. The molecular formula is C24H29N5O2. The first-order valence-electron chi connectivity index (χ1n) is 10.7. The number of pyridine rings is 1. The molecule has 1 amide bonds. The minimum atomic E-state index is 0.127. The number of nitrogens with one attached hydrogen (secondary N) is 2. The normalized spacial score (nSPS) is 16.0. The van der Waals surface area contributed by atoms with Crippen molar-refractivity contribution < 1.29 is 9.53 Å². The highest BCUT2D eigenvalue weighted by Crippen LogP contribution is 2.33. The van der Waals surface area contributed by atoms with Crippen molar-refractivity contribution in [2.24, 2.45) is 0 Å². The van der Waals surface area contributed by atoms with E-state index >= 15 is 0 Å². The zero-order valence-corrected chi connectivity index (χ0v) is 18.3. The van der Waals surface area contributed by atoms with Crippen LogP contribution in [0, 0.1) is 0 Å². The van der Waals surface area contributed by atoms with Crippen LogP contribution in [0.5, 0.6) is 5.75 Å². The summed E-state index contributed by atoms with van der Waals surface area (Å²) in [7, 11) is 0. The third kappa shape index (κ3) is 5.05. The van der Waals surface area contributed by atoms with Gasteiger partial charge in [-0.3, -0.25) is 9.89 Å². The second-order valence-corrected chi connectivity index (χ2v) is 8.25. The van der Waals surface area contributed by atoms with Crippen LogP contribution < -0.4 is 10.1 Å². The lowest BCUT2D eigenvalue weighted by molar-refractivity contribution is -0.127. The number of carbonyl (C=O) groups is 1. The quantitative estimate of drug-likeness (QED) is 0.599. The zero-order valence-electron chi connectivity index (χ0n) is 18.3. The van der Waals surface area contributed by atoms with Crippen LogP contribution in [0.2, 0.25) is 0 Å². The van der Waals surface area contributed by atoms with Gasteiger partial charge in [-0.1, -0.05) is 12.1 Å². The number of aromatic amines is 1. The van der Waals surface area contributed by atoms with Gasteiger partial charge < -0.3 is 15.0 Å². The molecule has 1 saturated heterocycles. The molecule has 1 aliphatic rings. The number of nitrogens with zero attached hydrogens (tertiary/aromatic N) is 3. The van der Waals surface area contributed by atoms with E-state index in [9.17, 15) is 4.79 Å². The summed E-state index contributed by atoms with van der Waals surface area (Å²) >= 11 is 0. The highest BCUT2D eigenvalue weighted by atomic mass is 16.5. The molecule has 7 nitrogen and oxygen atoms in total. The first-order chi connectivity index (χ1) is 15.0. The van der Waals surface area contributed by atoms with Crippen molar-refractivity contribution in [2.75, 3.05) is 18.4 Å². The molecule has 31 heavy (non-hydrogen) atoms. The van der Waals surface area contributed by atoms with E-state index in [1.165, 1.54) is 0 Å². The summed E-state index contributed by atoms with van der Waals surface area (Å²) in [6.45, 7) is 7.85. The number of H-pyrrole nitrogens is 1. The average molecular weight is 420 g/mol. The number of hydrogen-bond donors (Lipinski definition) is 2. The Morgan fingerprint density at radius 2 is 2.19 bits per heavy atom. The van der Waals surface area contributed by atoms with Crippen LogP contribution >= 0.6 is 0 Å². The first-order valence-corrected chi connectivity index (χ1v) is 10.7. The van der Waals surface area contributed by atoms with Gasteiger partial charge in [-0.2, -0.15) is 5.10 Å². The van der Waals surface area contributed by atoms with Crippen LogP contribution in [0.1, 0.15) is 44.4 Å². The molecule has 0 aliphatic carbocycles. The van der Waals surface area contributed by atoms with Crippen molar-refractivity contribution in [1.82, 2.24) is 20.1 Å². The molecule has 3 heterocycles. The van der Waals surface area contributed by atoms with Gasteiger partial charge in [0.1, 0.15) is 11.6 Å². The second-order valence-electron chi connectivity index (χ2n) is 8.25. The number of likely N-dealkylation sites (tertiary alicyclic amines) is 1. The number of rotatable bonds is 7. The molecule has 0 spiro atoms. The Labute approximate surface area is 182 Å². The maximum absolute atomic E-state index is 11.7. The minimum Gasteiger partial charge on any atom is -0.491 e. The SMILES string of the molecule is CC(=O)N1CCC(c2[nH]ncc2-c2ccnc(NCc3cccc(OC(C)C)c3)c2)C1. The van der Waals surface area contributed by atoms with Crippen LogP contribution in [0.4, 0.5) is 5.82 Å². The standard InChI is InChI=1S/C24H29N5O2/c1-16(2)31-21-6-4-5-18(11-21)13-26-23-12-19(7-9-25-23)22-14-27-28-24(22)20-8-10-29(15-20)17(3)30/h4-7,9,11-12,14,16,20H,8,10,13,15H2,1-3H3,(H,25,26)(H,27,28). The summed E-state index contributed by atoms with van der Waals surface area (Å²) < 4.78 is 5.78. The van der Waals surface area contributed by atoms with Gasteiger partial charge in [-0.25, -0.2) is 4.98 Å². The fourth-order valence-corrected chi connectivity index (χ4v) is 4.01. The van der Waals surface area contributed by atoms with E-state index in [1.807, 2.05) is 61.5 Å². The molecular weight excluding hydrogens is 390 g/mol. The number of ether oxygens (including phenoxy) is 1. The van der Waals surface area contributed by atoms with E-state index in [1.54, 1.807) is 6.92 Å². The molecule has 1 atom stereocenters. The monoisotopic (exact) mass is 419 g/mol. The number of amides is 1. The highest BCUT2D eigenvalue weighted by Gasteiger charge is 2.28. The van der Waals surface area contributed by atoms with Crippen molar-refractivity contribution in [3.05, 3.63) is 60.0 Å². The van der Waals surface area contributed by atoms with E-state index in [4.69, 9.17) is 4.74 Å². The van der Waals surface area contributed by atoms with Gasteiger partial charge in [0.15, 0.2) is 0 Å². The van der Waals surface area contributed by atoms with E-state index in [2.05, 4.69) is 26.6 Å². The van der Waals surface area contributed by atoms with E-state index < -0.39 is 0 Å². The maximum atomic E-state index is 11.7. The van der Waals surface area contributed by atoms with Gasteiger partial charge in [-0.05, 0) is 55.7 Å². The number of anilines is 1. The van der Waals surface area contributed by atoms with Gasteiger partial charge in [0, 0.05) is 49.9 Å². The van der Waals surface area contributed by atoms with E-state index in [-0.39, 0.29) is 17.9 Å². The lowest BCUT2D eigenvalue weighted by atomic mass is 9.97. The number of benzene rings is 1. The predicted octanol–water partition coefficient (Wildman–Crippen LogP) is 4.21. The van der Waals surface area contributed by atoms with Crippen LogP contribution in [-0.2, 0) is 11.3 Å². The van der Waals surface area contributed by atoms with E-state index in [0.717, 1.165) is 53.5 Å². The number of hydrogen-bond acceptors (Lipinski definition) is 5. The minimum absolute atomic E-state index is 0.127. The Kier molecular flexibility index (Phi) is 6.21. The van der Waals surface area contributed by atoms with Crippen molar-refractivity contribution in [3.63, 3.8) is 0 Å². The lowest BCUT2D eigenvalue weighted by Crippen LogP contribution is -2.25. The summed E-state index contributed by atoms with van der Waals surface area (Å²) in [5, 5.41) is 10.9. The fourth-order valence-electron chi connectivity index (χ4n) is 4.01. The first kappa shape index (κ1) is 20.9. The molecule has 162 valence electrons. The molecule has 0 radical (unpaired) electrons. The molecule has 0 saturated carbocycles. The molecule has 1 unspecified atom stereocenters. The Bertz CT molecular complexity index is 1050. The largest absolute Gasteiger partial charge is 0.491 e. The van der Waals surface area contributed by atoms with Crippen molar-refractivity contribution in [2.45, 2.75) is 45.8 Å². The molecule has 2 N–H and O–H groups in total. The molecule has 3 aromatic rings. The van der Waals surface area contributed by atoms with Gasteiger partial charge in [0.05, 0.1) is 12.3 Å². The molecule has 0 bridgehead atoms. The van der Waals surface area contributed by atoms with Crippen molar-refractivity contribution in [3.8, 4) is 16.9 Å². The molecule has 1 aliphatic heterocycles. The third-order valence-electron chi connectivity index (χ3n) is 5.53. The van der Waals surface area contributed by atoms with Crippen LogP contribution in [-0.4, -0.2) is 45.2 Å². The topological polar surface area (TPSA) is 83.1 Å². The maximum Gasteiger partial charge on any atom is 0.219 e. The molecule has 1 aromatic carbocycles. The van der Waals surface area contributed by atoms with Crippen molar-refractivity contribution in [1.29, 1.82) is 0 Å². The molecule has 1 fully saturated rings. The number of carbonyl (C=O) groups excluding carboxylic acids is 1. The van der Waals surface area contributed by atoms with Crippen LogP contribution in [0.25, 0.3) is 11.1 Å². The summed E-state index contributed by atoms with van der Waals surface area (Å²) in [6, 6.07) is 12.1. The third-order valence-corrected chi connectivity index (χ3v) is 5.53. The summed E-state index contributed by atoms with van der Waals surface area (Å²) in [6.07, 6.45) is 4.76. The van der Waals surface area contributed by atoms with Gasteiger partial charge in [0.25, 0.3) is 0 Å². The Hall–Kier alpha value is -3.35. The Morgan fingerprint density at radius 3 is 2.97 bits per heavy atom. The van der Waals surface area contributed by atoms with Crippen molar-refractivity contribution >= 4 is 11.7 Å². The average Bonchev–Trinajstić information content (AvgIpc) is 3.42. The summed E-state index contributed by atoms with van der Waals surface area (Å²) in [5.74, 6) is 2.07. The molecule has 4 rings (SSSR count). The van der Waals surface area contributed by atoms with E-state index in [0.29, 0.717) is 6.54 Å². The second kappa shape index (κ2) is 9.20. The smallest absolute Gasteiger partial charge is 0.219 e. The Morgan fingerprint density at radius 1 is 1.32 bits per heavy atom. The van der Waals surface area contributed by atoms with Crippen LogP contribution in [0.15, 0.2) is 48.8 Å². The zero-order chi connectivity index (χ0) is 21.8. The number of aromatic nitrogens is 3. The van der Waals surface area contributed by atoms with Gasteiger partial charge >= 0.3 is 0 Å². The lowest BCUT2D eigenvalue weighted by Gasteiger charge is -2.14. The predicted molar refractivity (Wildman–Crippen MR) is 121 cm³/mol. The summed E-state index contributed by atoms with van der Waals surface area (Å²) in [5.41, 5.74) is 4.33. The van der Waals surface area contributed by atoms with Gasteiger partial charge in [-0.15, -0.1) is 0 Å². The highest BCUT2D eigenvalue weighted by molar-refractivity contribution is 5.74. The fraction of sp³-hybridized carbons (Fsp3) is 0.375. The summed E-state index contributed by atoms with van der Waals surface area (Å²) in [4.78, 5) is 18.1.